The number of carboxylic acid groups (broad SMARTS) is 1. The van der Waals surface area contributed by atoms with Gasteiger partial charge in [-0.2, -0.15) is 0 Å². The van der Waals surface area contributed by atoms with E-state index in [-0.39, 0.29) is 23.6 Å². The number of pyridine rings is 1. The summed E-state index contributed by atoms with van der Waals surface area (Å²) in [6.45, 7) is 7.90. The summed E-state index contributed by atoms with van der Waals surface area (Å²) in [6, 6.07) is 1.62. The van der Waals surface area contributed by atoms with Crippen LogP contribution in [-0.2, 0) is 0 Å². The number of carboxylic acids is 1. The number of hydrogen-bond acceptors (Lipinski definition) is 4. The molecule has 0 aliphatic carbocycles. The highest BCUT2D eigenvalue weighted by molar-refractivity contribution is 5.94. The van der Waals surface area contributed by atoms with Gasteiger partial charge in [-0.3, -0.25) is 0 Å². The molecule has 3 N–H and O–H groups in total. The lowest BCUT2D eigenvalue weighted by Crippen LogP contribution is -2.35. The van der Waals surface area contributed by atoms with Crippen molar-refractivity contribution >= 4 is 11.8 Å². The summed E-state index contributed by atoms with van der Waals surface area (Å²) < 4.78 is 0. The second kappa shape index (κ2) is 6.02. The maximum Gasteiger partial charge on any atom is 0.339 e. The molecule has 1 rings (SSSR count). The number of aryl methyl sites for hydroxylation is 1. The van der Waals surface area contributed by atoms with Gasteiger partial charge in [-0.1, -0.05) is 20.8 Å². The van der Waals surface area contributed by atoms with E-state index in [1.165, 1.54) is 0 Å². The van der Waals surface area contributed by atoms with Crippen molar-refractivity contribution in [2.75, 3.05) is 11.9 Å². The quantitative estimate of drug-likeness (QED) is 0.761. The molecule has 0 radical (unpaired) electrons. The van der Waals surface area contributed by atoms with Crippen molar-refractivity contribution in [3.05, 3.63) is 23.4 Å². The first-order valence-electron chi connectivity index (χ1n) is 6.33. The van der Waals surface area contributed by atoms with E-state index in [0.29, 0.717) is 17.8 Å². The van der Waals surface area contributed by atoms with Crippen molar-refractivity contribution in [3.8, 4) is 0 Å². The summed E-state index contributed by atoms with van der Waals surface area (Å²) in [7, 11) is 0. The second-order valence-corrected chi connectivity index (χ2v) is 5.73. The first-order chi connectivity index (χ1) is 8.77. The average Bonchev–Trinajstić information content (AvgIpc) is 2.26. The molecule has 0 aromatic carbocycles. The fraction of sp³-hybridized carbons (Fsp3) is 0.571. The zero-order valence-corrected chi connectivity index (χ0v) is 11.9. The topological polar surface area (TPSA) is 82.5 Å². The van der Waals surface area contributed by atoms with E-state index in [9.17, 15) is 9.90 Å². The van der Waals surface area contributed by atoms with Crippen molar-refractivity contribution < 1.29 is 15.0 Å². The SMILES string of the molecule is Cc1ccnc(NC(CCO)C(C)(C)C)c1C(=O)O. The van der Waals surface area contributed by atoms with Gasteiger partial charge in [0, 0.05) is 18.8 Å². The van der Waals surface area contributed by atoms with Gasteiger partial charge in [0.1, 0.15) is 11.4 Å². The van der Waals surface area contributed by atoms with Crippen LogP contribution >= 0.6 is 0 Å². The Kier molecular flexibility index (Phi) is 4.89. The van der Waals surface area contributed by atoms with E-state index in [1.54, 1.807) is 19.2 Å². The number of nitrogens with one attached hydrogen (secondary N) is 1. The minimum Gasteiger partial charge on any atom is -0.478 e. The molecule has 0 saturated carbocycles. The van der Waals surface area contributed by atoms with Gasteiger partial charge in [-0.05, 0) is 30.4 Å². The van der Waals surface area contributed by atoms with Gasteiger partial charge >= 0.3 is 5.97 Å². The van der Waals surface area contributed by atoms with Crippen LogP contribution in [0.3, 0.4) is 0 Å². The Morgan fingerprint density at radius 1 is 1.47 bits per heavy atom. The molecule has 0 saturated heterocycles. The minimum atomic E-state index is -0.996. The van der Waals surface area contributed by atoms with Gasteiger partial charge in [-0.25, -0.2) is 9.78 Å². The molecule has 106 valence electrons. The standard InChI is InChI=1S/C14H22N2O3/c1-9-5-7-15-12(11(9)13(18)19)16-10(6-8-17)14(2,3)4/h5,7,10,17H,6,8H2,1-4H3,(H,15,16)(H,18,19). The third-order valence-electron chi connectivity index (χ3n) is 3.15. The normalized spacial score (nSPS) is 13.1. The molecule has 1 atom stereocenters. The van der Waals surface area contributed by atoms with E-state index >= 15 is 0 Å². The van der Waals surface area contributed by atoms with Crippen molar-refractivity contribution in [1.29, 1.82) is 0 Å². The van der Waals surface area contributed by atoms with Crippen LogP contribution in [0.5, 0.6) is 0 Å². The number of aromatic nitrogens is 1. The fourth-order valence-electron chi connectivity index (χ4n) is 1.95. The lowest BCUT2D eigenvalue weighted by atomic mass is 9.85. The van der Waals surface area contributed by atoms with Gasteiger partial charge in [0.05, 0.1) is 0 Å². The van der Waals surface area contributed by atoms with Crippen LogP contribution < -0.4 is 5.32 Å². The Hall–Kier alpha value is -1.62. The van der Waals surface area contributed by atoms with Gasteiger partial charge < -0.3 is 15.5 Å². The molecule has 5 heteroatoms. The molecule has 0 amide bonds. The fourth-order valence-corrected chi connectivity index (χ4v) is 1.95. The maximum atomic E-state index is 11.3. The Labute approximate surface area is 113 Å². The number of rotatable bonds is 5. The van der Waals surface area contributed by atoms with Gasteiger partial charge in [0.2, 0.25) is 0 Å². The number of hydrogen-bond donors (Lipinski definition) is 3. The third kappa shape index (κ3) is 3.92. The highest BCUT2D eigenvalue weighted by Crippen LogP contribution is 2.27. The van der Waals surface area contributed by atoms with Gasteiger partial charge in [-0.15, -0.1) is 0 Å². The number of carbonyl (C=O) groups is 1. The molecule has 0 aliphatic heterocycles. The maximum absolute atomic E-state index is 11.3. The summed E-state index contributed by atoms with van der Waals surface area (Å²) in [4.78, 5) is 15.4. The number of nitrogens with zero attached hydrogens (tertiary/aromatic N) is 1. The van der Waals surface area contributed by atoms with Crippen molar-refractivity contribution in [1.82, 2.24) is 4.98 Å². The summed E-state index contributed by atoms with van der Waals surface area (Å²) >= 11 is 0. The summed E-state index contributed by atoms with van der Waals surface area (Å²) in [5, 5.41) is 21.6. The average molecular weight is 266 g/mol. The first kappa shape index (κ1) is 15.4. The van der Waals surface area contributed by atoms with Crippen LogP contribution in [-0.4, -0.2) is 33.8 Å². The van der Waals surface area contributed by atoms with E-state index in [0.717, 1.165) is 0 Å². The summed E-state index contributed by atoms with van der Waals surface area (Å²) in [5.74, 6) is -0.634. The van der Waals surface area contributed by atoms with Crippen LogP contribution in [0.25, 0.3) is 0 Å². The lowest BCUT2D eigenvalue weighted by Gasteiger charge is -2.32. The molecule has 0 fully saturated rings. The molecule has 19 heavy (non-hydrogen) atoms. The zero-order valence-electron chi connectivity index (χ0n) is 11.9. The zero-order chi connectivity index (χ0) is 14.6. The molecule has 0 spiro atoms. The molecule has 0 bridgehead atoms. The number of aliphatic hydroxyl groups is 1. The van der Waals surface area contributed by atoms with E-state index in [2.05, 4.69) is 10.3 Å². The van der Waals surface area contributed by atoms with E-state index in [1.807, 2.05) is 20.8 Å². The van der Waals surface area contributed by atoms with Crippen LogP contribution in [0, 0.1) is 12.3 Å². The van der Waals surface area contributed by atoms with Crippen LogP contribution in [0.2, 0.25) is 0 Å². The number of aromatic carboxylic acids is 1. The van der Waals surface area contributed by atoms with Crippen molar-refractivity contribution in [2.45, 2.75) is 40.2 Å². The van der Waals surface area contributed by atoms with Crippen LogP contribution in [0.15, 0.2) is 12.3 Å². The molecule has 1 aromatic rings. The third-order valence-corrected chi connectivity index (χ3v) is 3.15. The predicted octanol–water partition coefficient (Wildman–Crippen LogP) is 2.30. The largest absolute Gasteiger partial charge is 0.478 e. The second-order valence-electron chi connectivity index (χ2n) is 5.73. The minimum absolute atomic E-state index is 0.0448. The summed E-state index contributed by atoms with van der Waals surface area (Å²) in [5.41, 5.74) is 0.751. The van der Waals surface area contributed by atoms with Gasteiger partial charge in [0.25, 0.3) is 0 Å². The Morgan fingerprint density at radius 2 is 2.11 bits per heavy atom. The molecular formula is C14H22N2O3. The van der Waals surface area contributed by atoms with E-state index in [4.69, 9.17) is 5.11 Å². The molecule has 1 heterocycles. The van der Waals surface area contributed by atoms with Crippen molar-refractivity contribution in [3.63, 3.8) is 0 Å². The first-order valence-corrected chi connectivity index (χ1v) is 6.33. The Morgan fingerprint density at radius 3 is 2.58 bits per heavy atom. The highest BCUT2D eigenvalue weighted by atomic mass is 16.4. The molecule has 0 aliphatic rings. The monoisotopic (exact) mass is 266 g/mol. The molecular weight excluding hydrogens is 244 g/mol. The smallest absolute Gasteiger partial charge is 0.339 e. The Balaban J connectivity index is 3.10. The molecule has 1 unspecified atom stereocenters. The van der Waals surface area contributed by atoms with Gasteiger partial charge in [0.15, 0.2) is 0 Å². The van der Waals surface area contributed by atoms with Crippen LogP contribution in [0.4, 0.5) is 5.82 Å². The van der Waals surface area contributed by atoms with Crippen molar-refractivity contribution in [2.24, 2.45) is 5.41 Å². The summed E-state index contributed by atoms with van der Waals surface area (Å²) in [6.07, 6.45) is 2.13. The molecule has 1 aromatic heterocycles. The Bertz CT molecular complexity index is 452. The lowest BCUT2D eigenvalue weighted by molar-refractivity contribution is 0.0696. The number of anilines is 1. The predicted molar refractivity (Wildman–Crippen MR) is 74.5 cm³/mol. The van der Waals surface area contributed by atoms with Crippen LogP contribution in [0.1, 0.15) is 43.1 Å². The van der Waals surface area contributed by atoms with E-state index < -0.39 is 5.97 Å². The number of aliphatic hydroxyl groups excluding tert-OH is 1. The molecule has 5 nitrogen and oxygen atoms in total. The highest BCUT2D eigenvalue weighted by Gasteiger charge is 2.26.